The zero-order valence-corrected chi connectivity index (χ0v) is 20.5. The largest absolute Gasteiger partial charge is 0.462 e. The van der Waals surface area contributed by atoms with Gasteiger partial charge in [-0.3, -0.25) is 4.79 Å². The number of rotatable bonds is 10. The number of carbonyl (C=O) groups is 2. The van der Waals surface area contributed by atoms with Crippen molar-refractivity contribution in [2.24, 2.45) is 0 Å². The van der Waals surface area contributed by atoms with Gasteiger partial charge in [0.1, 0.15) is 18.5 Å². The molecule has 1 aliphatic heterocycles. The third-order valence-electron chi connectivity index (χ3n) is 5.65. The number of methoxy groups -OCH3 is 2. The highest BCUT2D eigenvalue weighted by molar-refractivity contribution is 5.67. The molecule has 0 aromatic heterocycles. The Balaban J connectivity index is 1.49. The summed E-state index contributed by atoms with van der Waals surface area (Å²) in [7, 11) is 3.04. The van der Waals surface area contributed by atoms with Gasteiger partial charge >= 0.3 is 12.1 Å². The van der Waals surface area contributed by atoms with Crippen LogP contribution in [0.15, 0.2) is 54.6 Å². The molecule has 1 fully saturated rings. The lowest BCUT2D eigenvalue weighted by Gasteiger charge is -2.43. The SMILES string of the molecule is CO[C@@H]1[C@@H](OC(C)=O)[C@@H](OC)[C@H](Oc2ccc(CCNC(=O)OCc3ccccc3)cc2)O[C@H]1C. The summed E-state index contributed by atoms with van der Waals surface area (Å²) in [5.41, 5.74) is 1.95. The monoisotopic (exact) mass is 487 g/mol. The quantitative estimate of drug-likeness (QED) is 0.510. The van der Waals surface area contributed by atoms with Gasteiger partial charge in [-0.15, -0.1) is 0 Å². The molecule has 35 heavy (non-hydrogen) atoms. The van der Waals surface area contributed by atoms with E-state index in [4.69, 9.17) is 28.4 Å². The summed E-state index contributed by atoms with van der Waals surface area (Å²) in [6, 6.07) is 16.9. The second-order valence-corrected chi connectivity index (χ2v) is 8.18. The Hall–Kier alpha value is -3.14. The van der Waals surface area contributed by atoms with Crippen LogP contribution in [-0.4, -0.2) is 63.5 Å². The molecule has 3 rings (SSSR count). The molecule has 9 heteroatoms. The third-order valence-corrected chi connectivity index (χ3v) is 5.65. The van der Waals surface area contributed by atoms with Crippen LogP contribution in [0.2, 0.25) is 0 Å². The van der Waals surface area contributed by atoms with Crippen LogP contribution in [-0.2, 0) is 41.5 Å². The molecule has 190 valence electrons. The average molecular weight is 488 g/mol. The van der Waals surface area contributed by atoms with Gasteiger partial charge in [0.25, 0.3) is 0 Å². The van der Waals surface area contributed by atoms with Gasteiger partial charge in [-0.2, -0.15) is 0 Å². The number of benzene rings is 2. The van der Waals surface area contributed by atoms with Crippen molar-refractivity contribution in [3.05, 3.63) is 65.7 Å². The summed E-state index contributed by atoms with van der Waals surface area (Å²) in [6.45, 7) is 3.83. The lowest BCUT2D eigenvalue weighted by atomic mass is 9.99. The highest BCUT2D eigenvalue weighted by Crippen LogP contribution is 2.29. The standard InChI is InChI=1S/C26H33NO8/c1-17-22(30-3)23(34-18(2)28)24(31-4)25(33-17)35-21-12-10-19(11-13-21)14-15-27-26(29)32-16-20-8-6-5-7-9-20/h5-13,17,22-25H,14-16H2,1-4H3,(H,27,29)/t17-,22-,23+,24+,25-/m0/s1. The average Bonchev–Trinajstić information content (AvgIpc) is 2.84. The summed E-state index contributed by atoms with van der Waals surface area (Å²) in [4.78, 5) is 23.5. The van der Waals surface area contributed by atoms with Crippen LogP contribution in [0.5, 0.6) is 5.75 Å². The summed E-state index contributed by atoms with van der Waals surface area (Å²) < 4.78 is 33.7. The van der Waals surface area contributed by atoms with E-state index >= 15 is 0 Å². The number of hydrogen-bond donors (Lipinski definition) is 1. The number of alkyl carbamates (subject to hydrolysis) is 1. The number of nitrogens with one attached hydrogen (secondary N) is 1. The Morgan fingerprint density at radius 1 is 0.914 bits per heavy atom. The highest BCUT2D eigenvalue weighted by Gasteiger charge is 2.48. The first kappa shape index (κ1) is 26.5. The number of ether oxygens (including phenoxy) is 6. The van der Waals surface area contributed by atoms with E-state index in [0.29, 0.717) is 18.7 Å². The third kappa shape index (κ3) is 7.68. The molecule has 1 amide bonds. The van der Waals surface area contributed by atoms with E-state index in [-0.39, 0.29) is 12.7 Å². The maximum absolute atomic E-state index is 11.9. The van der Waals surface area contributed by atoms with Crippen LogP contribution in [0.25, 0.3) is 0 Å². The molecule has 0 spiro atoms. The van der Waals surface area contributed by atoms with Crippen LogP contribution in [0.1, 0.15) is 25.0 Å². The maximum Gasteiger partial charge on any atom is 0.407 e. The normalized spacial score (nSPS) is 23.8. The van der Waals surface area contributed by atoms with Crippen LogP contribution >= 0.6 is 0 Å². The molecule has 1 heterocycles. The predicted molar refractivity (Wildman–Crippen MR) is 127 cm³/mol. The Bertz CT molecular complexity index is 936. The van der Waals surface area contributed by atoms with Gasteiger partial charge in [0.15, 0.2) is 12.2 Å². The Morgan fingerprint density at radius 3 is 2.23 bits per heavy atom. The zero-order chi connectivity index (χ0) is 25.2. The zero-order valence-electron chi connectivity index (χ0n) is 20.5. The molecule has 0 unspecified atom stereocenters. The molecule has 1 N–H and O–H groups in total. The molecule has 2 aromatic carbocycles. The summed E-state index contributed by atoms with van der Waals surface area (Å²) in [5, 5.41) is 2.75. The molecule has 0 saturated carbocycles. The lowest BCUT2D eigenvalue weighted by Crippen LogP contribution is -2.60. The predicted octanol–water partition coefficient (Wildman–Crippen LogP) is 3.24. The summed E-state index contributed by atoms with van der Waals surface area (Å²) in [6.07, 6.45) is -2.85. The van der Waals surface area contributed by atoms with Gasteiger partial charge in [-0.1, -0.05) is 42.5 Å². The van der Waals surface area contributed by atoms with Crippen molar-refractivity contribution in [1.82, 2.24) is 5.32 Å². The van der Waals surface area contributed by atoms with E-state index in [1.54, 1.807) is 0 Å². The minimum absolute atomic E-state index is 0.229. The molecular formula is C26H33NO8. The number of esters is 1. The number of amides is 1. The highest BCUT2D eigenvalue weighted by atomic mass is 16.7. The molecule has 1 saturated heterocycles. The Morgan fingerprint density at radius 2 is 1.60 bits per heavy atom. The molecule has 0 bridgehead atoms. The molecule has 1 aliphatic rings. The Kier molecular flexibility index (Phi) is 9.89. The fraction of sp³-hybridized carbons (Fsp3) is 0.462. The first-order valence-corrected chi connectivity index (χ1v) is 11.5. The fourth-order valence-electron chi connectivity index (χ4n) is 3.92. The van der Waals surface area contributed by atoms with E-state index in [1.807, 2.05) is 61.5 Å². The van der Waals surface area contributed by atoms with E-state index in [2.05, 4.69) is 5.32 Å². The smallest absolute Gasteiger partial charge is 0.407 e. The lowest BCUT2D eigenvalue weighted by molar-refractivity contribution is -0.281. The minimum Gasteiger partial charge on any atom is -0.462 e. The molecular weight excluding hydrogens is 454 g/mol. The van der Waals surface area contributed by atoms with Crippen LogP contribution in [0, 0.1) is 0 Å². The topological polar surface area (TPSA) is 102 Å². The van der Waals surface area contributed by atoms with E-state index in [1.165, 1.54) is 21.1 Å². The molecule has 0 radical (unpaired) electrons. The first-order chi connectivity index (χ1) is 16.9. The van der Waals surface area contributed by atoms with Crippen LogP contribution in [0.4, 0.5) is 4.79 Å². The molecule has 5 atom stereocenters. The van der Waals surface area contributed by atoms with E-state index < -0.39 is 36.7 Å². The molecule has 2 aromatic rings. The van der Waals surface area contributed by atoms with E-state index in [0.717, 1.165) is 11.1 Å². The van der Waals surface area contributed by atoms with Gasteiger partial charge in [-0.05, 0) is 36.6 Å². The van der Waals surface area contributed by atoms with Gasteiger partial charge in [-0.25, -0.2) is 4.79 Å². The second kappa shape index (κ2) is 13.1. The second-order valence-electron chi connectivity index (χ2n) is 8.18. The van der Waals surface area contributed by atoms with Crippen LogP contribution < -0.4 is 10.1 Å². The summed E-state index contributed by atoms with van der Waals surface area (Å²) >= 11 is 0. The van der Waals surface area contributed by atoms with Crippen molar-refractivity contribution in [1.29, 1.82) is 0 Å². The molecule has 9 nitrogen and oxygen atoms in total. The van der Waals surface area contributed by atoms with Gasteiger partial charge < -0.3 is 33.7 Å². The van der Waals surface area contributed by atoms with Gasteiger partial charge in [0.05, 0.1) is 6.10 Å². The molecule has 0 aliphatic carbocycles. The number of hydrogen-bond acceptors (Lipinski definition) is 8. The van der Waals surface area contributed by atoms with Crippen molar-refractivity contribution < 1.29 is 38.0 Å². The van der Waals surface area contributed by atoms with Crippen molar-refractivity contribution in [3.8, 4) is 5.75 Å². The fourth-order valence-corrected chi connectivity index (χ4v) is 3.92. The maximum atomic E-state index is 11.9. The van der Waals surface area contributed by atoms with Crippen molar-refractivity contribution in [3.63, 3.8) is 0 Å². The van der Waals surface area contributed by atoms with Gasteiger partial charge in [0, 0.05) is 27.7 Å². The van der Waals surface area contributed by atoms with Crippen molar-refractivity contribution >= 4 is 12.1 Å². The first-order valence-electron chi connectivity index (χ1n) is 11.5. The number of carbonyl (C=O) groups excluding carboxylic acids is 2. The summed E-state index contributed by atoms with van der Waals surface area (Å²) in [5.74, 6) is 0.134. The van der Waals surface area contributed by atoms with Gasteiger partial charge in [0.2, 0.25) is 6.29 Å². The van der Waals surface area contributed by atoms with Crippen molar-refractivity contribution in [2.45, 2.75) is 57.6 Å². The Labute approximate surface area is 205 Å². The minimum atomic E-state index is -0.794. The van der Waals surface area contributed by atoms with E-state index in [9.17, 15) is 9.59 Å². The van der Waals surface area contributed by atoms with Crippen LogP contribution in [0.3, 0.4) is 0 Å². The van der Waals surface area contributed by atoms with Crippen molar-refractivity contribution in [2.75, 3.05) is 20.8 Å².